The average Bonchev–Trinajstić information content (AvgIpc) is 2.65. The van der Waals surface area contributed by atoms with Crippen LogP contribution in [0.3, 0.4) is 0 Å². The van der Waals surface area contributed by atoms with E-state index in [4.69, 9.17) is 4.74 Å². The molecule has 0 bridgehead atoms. The first-order valence-corrected chi connectivity index (χ1v) is 8.89. The lowest BCUT2D eigenvalue weighted by atomic mass is 10.0. The Bertz CT molecular complexity index is 761. The summed E-state index contributed by atoms with van der Waals surface area (Å²) in [6, 6.07) is 17.2. The van der Waals surface area contributed by atoms with Crippen LogP contribution in [0.1, 0.15) is 23.1 Å². The molecule has 3 rings (SSSR count). The van der Waals surface area contributed by atoms with E-state index >= 15 is 0 Å². The molecule has 136 valence electrons. The summed E-state index contributed by atoms with van der Waals surface area (Å²) in [7, 11) is 0. The van der Waals surface area contributed by atoms with Gasteiger partial charge in [0.05, 0.1) is 6.42 Å². The third-order valence-electron chi connectivity index (χ3n) is 4.68. The van der Waals surface area contributed by atoms with Gasteiger partial charge >= 0.3 is 5.97 Å². The molecular weight excluding hydrogens is 328 g/mol. The molecule has 1 aliphatic heterocycles. The number of aryl methyl sites for hydroxylation is 1. The molecule has 5 nitrogen and oxygen atoms in total. The molecule has 1 saturated heterocycles. The highest BCUT2D eigenvalue weighted by molar-refractivity contribution is 5.87. The van der Waals surface area contributed by atoms with Crippen molar-refractivity contribution in [3.63, 3.8) is 0 Å². The van der Waals surface area contributed by atoms with E-state index in [-0.39, 0.29) is 24.9 Å². The number of esters is 1. The topological polar surface area (TPSA) is 58.6 Å². The first-order valence-electron chi connectivity index (χ1n) is 8.89. The van der Waals surface area contributed by atoms with E-state index in [1.807, 2.05) is 42.5 Å². The quantitative estimate of drug-likeness (QED) is 0.811. The monoisotopic (exact) mass is 352 g/mol. The number of hydrogen-bond acceptors (Lipinski definition) is 4. The SMILES string of the molecule is Cc1ccccc1CN1CCNC(=O)[C@@H]1CC(=O)OCc1ccccc1. The van der Waals surface area contributed by atoms with E-state index in [2.05, 4.69) is 29.3 Å². The third kappa shape index (κ3) is 4.70. The number of nitrogens with one attached hydrogen (secondary N) is 1. The molecule has 2 aromatic carbocycles. The van der Waals surface area contributed by atoms with Crippen molar-refractivity contribution in [2.75, 3.05) is 13.1 Å². The molecule has 0 spiro atoms. The highest BCUT2D eigenvalue weighted by atomic mass is 16.5. The van der Waals surface area contributed by atoms with E-state index in [1.54, 1.807) is 0 Å². The smallest absolute Gasteiger partial charge is 0.308 e. The molecule has 5 heteroatoms. The molecule has 0 unspecified atom stereocenters. The Morgan fingerprint density at radius 1 is 1.15 bits per heavy atom. The summed E-state index contributed by atoms with van der Waals surface area (Å²) in [6.07, 6.45) is 0.0601. The van der Waals surface area contributed by atoms with Crippen molar-refractivity contribution < 1.29 is 14.3 Å². The normalized spacial score (nSPS) is 17.6. The van der Waals surface area contributed by atoms with Gasteiger partial charge in [-0.15, -0.1) is 0 Å². The fourth-order valence-corrected chi connectivity index (χ4v) is 3.13. The zero-order chi connectivity index (χ0) is 18.4. The van der Waals surface area contributed by atoms with Crippen LogP contribution in [-0.4, -0.2) is 35.9 Å². The summed E-state index contributed by atoms with van der Waals surface area (Å²) in [5, 5.41) is 2.85. The molecule has 1 atom stereocenters. The number of ether oxygens (including phenoxy) is 1. The Morgan fingerprint density at radius 3 is 2.65 bits per heavy atom. The molecule has 1 N–H and O–H groups in total. The van der Waals surface area contributed by atoms with Crippen LogP contribution >= 0.6 is 0 Å². The molecule has 0 aromatic heterocycles. The molecular formula is C21H24N2O3. The molecule has 1 heterocycles. The number of benzene rings is 2. The summed E-state index contributed by atoms with van der Waals surface area (Å²) < 4.78 is 5.36. The number of carbonyl (C=O) groups is 2. The summed E-state index contributed by atoms with van der Waals surface area (Å²) in [4.78, 5) is 26.7. The second-order valence-electron chi connectivity index (χ2n) is 6.55. The number of rotatable bonds is 6. The Hall–Kier alpha value is -2.66. The summed E-state index contributed by atoms with van der Waals surface area (Å²) >= 11 is 0. The molecule has 2 aromatic rings. The fourth-order valence-electron chi connectivity index (χ4n) is 3.13. The maximum absolute atomic E-state index is 12.3. The van der Waals surface area contributed by atoms with Crippen LogP contribution in [-0.2, 0) is 27.5 Å². The largest absolute Gasteiger partial charge is 0.461 e. The summed E-state index contributed by atoms with van der Waals surface area (Å²) in [6.45, 7) is 4.25. The van der Waals surface area contributed by atoms with E-state index in [0.717, 1.165) is 12.1 Å². The maximum atomic E-state index is 12.3. The van der Waals surface area contributed by atoms with Crippen LogP contribution in [0.25, 0.3) is 0 Å². The molecule has 0 saturated carbocycles. The van der Waals surface area contributed by atoms with Gasteiger partial charge in [-0.3, -0.25) is 14.5 Å². The van der Waals surface area contributed by atoms with Gasteiger partial charge in [0.1, 0.15) is 12.6 Å². The fraction of sp³-hybridized carbons (Fsp3) is 0.333. The van der Waals surface area contributed by atoms with Crippen LogP contribution < -0.4 is 5.32 Å². The maximum Gasteiger partial charge on any atom is 0.308 e. The van der Waals surface area contributed by atoms with Gasteiger partial charge in [-0.25, -0.2) is 0 Å². The van der Waals surface area contributed by atoms with Gasteiger partial charge in [0.25, 0.3) is 0 Å². The van der Waals surface area contributed by atoms with Crippen LogP contribution in [0, 0.1) is 6.92 Å². The van der Waals surface area contributed by atoms with Gasteiger partial charge in [0.2, 0.25) is 5.91 Å². The van der Waals surface area contributed by atoms with Crippen molar-refractivity contribution in [1.29, 1.82) is 0 Å². The standard InChI is InChI=1S/C21H24N2O3/c1-16-7-5-6-10-18(16)14-23-12-11-22-21(25)19(23)13-20(24)26-15-17-8-3-2-4-9-17/h2-10,19H,11-15H2,1H3,(H,22,25)/t19-/m0/s1. The number of nitrogens with zero attached hydrogens (tertiary/aromatic N) is 1. The Kier molecular flexibility index (Phi) is 6.02. The van der Waals surface area contributed by atoms with Gasteiger partial charge in [-0.1, -0.05) is 54.6 Å². The third-order valence-corrected chi connectivity index (χ3v) is 4.68. The van der Waals surface area contributed by atoms with E-state index in [1.165, 1.54) is 11.1 Å². The molecule has 26 heavy (non-hydrogen) atoms. The van der Waals surface area contributed by atoms with Gasteiger partial charge in [0.15, 0.2) is 0 Å². The number of amides is 1. The first-order chi connectivity index (χ1) is 12.6. The second kappa shape index (κ2) is 8.63. The zero-order valence-electron chi connectivity index (χ0n) is 15.0. The van der Waals surface area contributed by atoms with Gasteiger partial charge in [0, 0.05) is 19.6 Å². The van der Waals surface area contributed by atoms with E-state index in [9.17, 15) is 9.59 Å². The molecule has 1 amide bonds. The average molecular weight is 352 g/mol. The van der Waals surface area contributed by atoms with Gasteiger partial charge < -0.3 is 10.1 Å². The van der Waals surface area contributed by atoms with Crippen LogP contribution in [0.2, 0.25) is 0 Å². The Morgan fingerprint density at radius 2 is 1.88 bits per heavy atom. The van der Waals surface area contributed by atoms with Crippen molar-refractivity contribution in [3.8, 4) is 0 Å². The van der Waals surface area contributed by atoms with Gasteiger partial charge in [-0.05, 0) is 23.6 Å². The highest BCUT2D eigenvalue weighted by Crippen LogP contribution is 2.17. The minimum atomic E-state index is -0.494. The van der Waals surface area contributed by atoms with Crippen molar-refractivity contribution >= 4 is 11.9 Å². The molecule has 0 aliphatic carbocycles. The minimum Gasteiger partial charge on any atom is -0.461 e. The zero-order valence-corrected chi connectivity index (χ0v) is 15.0. The lowest BCUT2D eigenvalue weighted by molar-refractivity contribution is -0.149. The van der Waals surface area contributed by atoms with Crippen molar-refractivity contribution in [1.82, 2.24) is 10.2 Å². The summed E-state index contributed by atoms with van der Waals surface area (Å²) in [5.41, 5.74) is 3.29. The predicted octanol–water partition coefficient (Wildman–Crippen LogP) is 2.43. The molecule has 1 aliphatic rings. The minimum absolute atomic E-state index is 0.0601. The first kappa shape index (κ1) is 18.1. The van der Waals surface area contributed by atoms with Crippen molar-refractivity contribution in [2.24, 2.45) is 0 Å². The van der Waals surface area contributed by atoms with Crippen LogP contribution in [0.15, 0.2) is 54.6 Å². The number of piperazine rings is 1. The molecule has 1 fully saturated rings. The van der Waals surface area contributed by atoms with E-state index < -0.39 is 6.04 Å². The van der Waals surface area contributed by atoms with Crippen LogP contribution in [0.5, 0.6) is 0 Å². The van der Waals surface area contributed by atoms with Crippen LogP contribution in [0.4, 0.5) is 0 Å². The highest BCUT2D eigenvalue weighted by Gasteiger charge is 2.32. The predicted molar refractivity (Wildman–Crippen MR) is 99.2 cm³/mol. The number of carbonyl (C=O) groups excluding carboxylic acids is 2. The molecule has 0 radical (unpaired) electrons. The Balaban J connectivity index is 1.62. The van der Waals surface area contributed by atoms with Gasteiger partial charge in [-0.2, -0.15) is 0 Å². The Labute approximate surface area is 154 Å². The second-order valence-corrected chi connectivity index (χ2v) is 6.55. The lowest BCUT2D eigenvalue weighted by Gasteiger charge is -2.34. The summed E-state index contributed by atoms with van der Waals surface area (Å²) in [5.74, 6) is -0.466. The lowest BCUT2D eigenvalue weighted by Crippen LogP contribution is -2.55. The van der Waals surface area contributed by atoms with E-state index in [0.29, 0.717) is 13.1 Å². The van der Waals surface area contributed by atoms with Crippen molar-refractivity contribution in [3.05, 3.63) is 71.3 Å². The van der Waals surface area contributed by atoms with Crippen molar-refractivity contribution in [2.45, 2.75) is 32.5 Å². The number of hydrogen-bond donors (Lipinski definition) is 1.